The molecule has 1 amide bonds. The fourth-order valence-electron chi connectivity index (χ4n) is 1.79. The third-order valence-corrected chi connectivity index (χ3v) is 2.82. The number of hydrogen-bond acceptors (Lipinski definition) is 3. The summed E-state index contributed by atoms with van der Waals surface area (Å²) in [6, 6.07) is 3.27. The van der Waals surface area contributed by atoms with E-state index in [4.69, 9.17) is 5.11 Å². The molecule has 0 unspecified atom stereocenters. The van der Waals surface area contributed by atoms with Crippen LogP contribution in [0.25, 0.3) is 0 Å². The summed E-state index contributed by atoms with van der Waals surface area (Å²) in [4.78, 5) is 33.3. The minimum Gasteiger partial charge on any atom is -0.481 e. The van der Waals surface area contributed by atoms with E-state index in [-0.39, 0.29) is 17.9 Å². The molecule has 0 fully saturated rings. The van der Waals surface area contributed by atoms with Gasteiger partial charge in [0.25, 0.3) is 5.56 Å². The molecule has 0 saturated carbocycles. The molecule has 1 aromatic heterocycles. The average Bonchev–Trinajstić information content (AvgIpc) is 2.38. The van der Waals surface area contributed by atoms with Crippen LogP contribution >= 0.6 is 0 Å². The maximum atomic E-state index is 11.5. The molecular weight excluding hydrogens is 260 g/mol. The number of carbonyl (C=O) groups excluding carboxylic acids is 1. The fraction of sp³-hybridized carbons (Fsp3) is 0.500. The van der Waals surface area contributed by atoms with Crippen LogP contribution in [0.5, 0.6) is 0 Å². The Morgan fingerprint density at radius 2 is 2.00 bits per heavy atom. The molecule has 0 bridgehead atoms. The second-order valence-corrected chi connectivity index (χ2v) is 4.69. The SMILES string of the molecule is Cc1ccc(=O)n(CCCC(=O)NCCCC(=O)O)c1. The predicted molar refractivity (Wildman–Crippen MR) is 74.6 cm³/mol. The largest absolute Gasteiger partial charge is 0.481 e. The number of amides is 1. The number of carbonyl (C=O) groups is 2. The van der Waals surface area contributed by atoms with Crippen molar-refractivity contribution in [1.29, 1.82) is 0 Å². The molecule has 1 aromatic rings. The zero-order valence-electron chi connectivity index (χ0n) is 11.6. The van der Waals surface area contributed by atoms with Crippen molar-refractivity contribution in [3.05, 3.63) is 34.2 Å². The molecule has 0 spiro atoms. The maximum absolute atomic E-state index is 11.5. The minimum atomic E-state index is -0.863. The second kappa shape index (κ2) is 8.14. The Morgan fingerprint density at radius 1 is 1.25 bits per heavy atom. The highest BCUT2D eigenvalue weighted by atomic mass is 16.4. The van der Waals surface area contributed by atoms with Crippen LogP contribution in [0.15, 0.2) is 23.1 Å². The van der Waals surface area contributed by atoms with Crippen molar-refractivity contribution >= 4 is 11.9 Å². The molecule has 20 heavy (non-hydrogen) atoms. The van der Waals surface area contributed by atoms with E-state index in [0.717, 1.165) is 5.56 Å². The van der Waals surface area contributed by atoms with E-state index in [0.29, 0.717) is 32.4 Å². The second-order valence-electron chi connectivity index (χ2n) is 4.69. The lowest BCUT2D eigenvalue weighted by molar-refractivity contribution is -0.137. The summed E-state index contributed by atoms with van der Waals surface area (Å²) >= 11 is 0. The Morgan fingerprint density at radius 3 is 2.70 bits per heavy atom. The van der Waals surface area contributed by atoms with E-state index in [1.807, 2.05) is 6.92 Å². The number of aryl methyl sites for hydroxylation is 2. The number of nitrogens with zero attached hydrogens (tertiary/aromatic N) is 1. The first kappa shape index (κ1) is 15.9. The van der Waals surface area contributed by atoms with Crippen LogP contribution in [-0.4, -0.2) is 28.1 Å². The zero-order valence-corrected chi connectivity index (χ0v) is 11.6. The number of hydrogen-bond donors (Lipinski definition) is 2. The Labute approximate surface area is 117 Å². The molecule has 0 aliphatic rings. The van der Waals surface area contributed by atoms with E-state index < -0.39 is 5.97 Å². The topological polar surface area (TPSA) is 88.4 Å². The van der Waals surface area contributed by atoms with Crippen LogP contribution in [0, 0.1) is 6.92 Å². The molecule has 1 heterocycles. The molecule has 0 radical (unpaired) electrons. The maximum Gasteiger partial charge on any atom is 0.303 e. The van der Waals surface area contributed by atoms with Gasteiger partial charge in [-0.05, 0) is 25.3 Å². The summed E-state index contributed by atoms with van der Waals surface area (Å²) in [7, 11) is 0. The number of rotatable bonds is 8. The Hall–Kier alpha value is -2.11. The number of aromatic nitrogens is 1. The standard InChI is InChI=1S/C14H20N2O4/c1-11-6-7-13(18)16(10-11)9-3-4-12(17)15-8-2-5-14(19)20/h6-7,10H,2-5,8-9H2,1H3,(H,15,17)(H,19,20). The van der Waals surface area contributed by atoms with Gasteiger partial charge in [0.15, 0.2) is 0 Å². The van der Waals surface area contributed by atoms with Crippen LogP contribution < -0.4 is 10.9 Å². The lowest BCUT2D eigenvalue weighted by Crippen LogP contribution is -2.25. The van der Waals surface area contributed by atoms with E-state index in [1.54, 1.807) is 16.8 Å². The van der Waals surface area contributed by atoms with Crippen molar-refractivity contribution in [1.82, 2.24) is 9.88 Å². The normalized spacial score (nSPS) is 10.2. The van der Waals surface area contributed by atoms with Crippen LogP contribution in [0.1, 0.15) is 31.2 Å². The van der Waals surface area contributed by atoms with Gasteiger partial charge < -0.3 is 15.0 Å². The van der Waals surface area contributed by atoms with E-state index in [9.17, 15) is 14.4 Å². The Balaban J connectivity index is 2.23. The third kappa shape index (κ3) is 6.17. The van der Waals surface area contributed by atoms with Gasteiger partial charge in [-0.25, -0.2) is 0 Å². The molecule has 0 aliphatic heterocycles. The molecule has 0 saturated heterocycles. The quantitative estimate of drug-likeness (QED) is 0.693. The van der Waals surface area contributed by atoms with Gasteiger partial charge in [-0.15, -0.1) is 0 Å². The highest BCUT2D eigenvalue weighted by molar-refractivity contribution is 5.75. The van der Waals surface area contributed by atoms with E-state index >= 15 is 0 Å². The summed E-state index contributed by atoms with van der Waals surface area (Å²) in [6.07, 6.45) is 3.16. The van der Waals surface area contributed by atoms with Crippen molar-refractivity contribution in [3.8, 4) is 0 Å². The smallest absolute Gasteiger partial charge is 0.303 e. The average molecular weight is 280 g/mol. The lowest BCUT2D eigenvalue weighted by atomic mass is 10.2. The van der Waals surface area contributed by atoms with Gasteiger partial charge in [0.2, 0.25) is 5.91 Å². The van der Waals surface area contributed by atoms with Gasteiger partial charge in [-0.2, -0.15) is 0 Å². The molecule has 110 valence electrons. The number of aliphatic carboxylic acids is 1. The van der Waals surface area contributed by atoms with Crippen LogP contribution in [0.3, 0.4) is 0 Å². The number of carboxylic acids is 1. The molecule has 0 atom stereocenters. The molecule has 0 aliphatic carbocycles. The van der Waals surface area contributed by atoms with E-state index in [2.05, 4.69) is 5.32 Å². The summed E-state index contributed by atoms with van der Waals surface area (Å²) < 4.78 is 1.59. The Kier molecular flexibility index (Phi) is 6.49. The summed E-state index contributed by atoms with van der Waals surface area (Å²) in [5.74, 6) is -0.978. The summed E-state index contributed by atoms with van der Waals surface area (Å²) in [6.45, 7) is 2.78. The summed E-state index contributed by atoms with van der Waals surface area (Å²) in [5.41, 5.74) is 0.931. The Bertz CT molecular complexity index is 522. The minimum absolute atomic E-state index is 0.0545. The van der Waals surface area contributed by atoms with Crippen LogP contribution in [0.2, 0.25) is 0 Å². The lowest BCUT2D eigenvalue weighted by Gasteiger charge is -2.07. The van der Waals surface area contributed by atoms with Gasteiger partial charge in [-0.3, -0.25) is 14.4 Å². The molecule has 1 rings (SSSR count). The van der Waals surface area contributed by atoms with Crippen molar-refractivity contribution in [3.63, 3.8) is 0 Å². The van der Waals surface area contributed by atoms with Gasteiger partial charge in [0, 0.05) is 38.2 Å². The van der Waals surface area contributed by atoms with E-state index in [1.165, 1.54) is 6.07 Å². The van der Waals surface area contributed by atoms with Crippen molar-refractivity contribution in [2.24, 2.45) is 0 Å². The number of nitrogens with one attached hydrogen (secondary N) is 1. The molecule has 0 aromatic carbocycles. The van der Waals surface area contributed by atoms with Crippen molar-refractivity contribution in [2.75, 3.05) is 6.54 Å². The highest BCUT2D eigenvalue weighted by Crippen LogP contribution is 1.97. The van der Waals surface area contributed by atoms with Gasteiger partial charge in [-0.1, -0.05) is 6.07 Å². The summed E-state index contributed by atoms with van der Waals surface area (Å²) in [5, 5.41) is 11.1. The van der Waals surface area contributed by atoms with Gasteiger partial charge in [0.1, 0.15) is 0 Å². The highest BCUT2D eigenvalue weighted by Gasteiger charge is 2.03. The number of carboxylic acid groups (broad SMARTS) is 1. The zero-order chi connectivity index (χ0) is 15.0. The van der Waals surface area contributed by atoms with Crippen LogP contribution in [-0.2, 0) is 16.1 Å². The third-order valence-electron chi connectivity index (χ3n) is 2.82. The first-order valence-electron chi connectivity index (χ1n) is 6.64. The van der Waals surface area contributed by atoms with Crippen molar-refractivity contribution in [2.45, 2.75) is 39.2 Å². The molecular formula is C14H20N2O4. The monoisotopic (exact) mass is 280 g/mol. The molecule has 6 nitrogen and oxygen atoms in total. The molecule has 2 N–H and O–H groups in total. The molecule has 6 heteroatoms. The fourth-order valence-corrected chi connectivity index (χ4v) is 1.79. The van der Waals surface area contributed by atoms with Gasteiger partial charge >= 0.3 is 5.97 Å². The first-order chi connectivity index (χ1) is 9.49. The predicted octanol–water partition coefficient (Wildman–Crippen LogP) is 0.918. The van der Waals surface area contributed by atoms with Crippen LogP contribution in [0.4, 0.5) is 0 Å². The number of pyridine rings is 1. The first-order valence-corrected chi connectivity index (χ1v) is 6.64. The van der Waals surface area contributed by atoms with Crippen molar-refractivity contribution < 1.29 is 14.7 Å². The van der Waals surface area contributed by atoms with Gasteiger partial charge in [0.05, 0.1) is 0 Å².